The van der Waals surface area contributed by atoms with E-state index in [-0.39, 0.29) is 0 Å². The fraction of sp³-hybridized carbons (Fsp3) is 0.0714. The minimum absolute atomic E-state index is 0.735. The van der Waals surface area contributed by atoms with E-state index < -0.39 is 0 Å². The molecule has 1 aliphatic heterocycles. The molecular formula is C14H8N3O2+. The third kappa shape index (κ3) is 1.03. The first kappa shape index (κ1) is 9.27. The van der Waals surface area contributed by atoms with Gasteiger partial charge in [-0.3, -0.25) is 4.98 Å². The van der Waals surface area contributed by atoms with Gasteiger partial charge in [-0.25, -0.2) is 4.98 Å². The molecule has 0 aliphatic carbocycles. The molecule has 0 N–H and O–H groups in total. The molecule has 0 saturated carbocycles. The lowest BCUT2D eigenvalue weighted by Crippen LogP contribution is -2.30. The minimum Gasteiger partial charge on any atom is -0.401 e. The number of nitrogens with zero attached hydrogens (tertiary/aromatic N) is 3. The summed E-state index contributed by atoms with van der Waals surface area (Å²) in [6.45, 7) is 0.735. The zero-order valence-corrected chi connectivity index (χ0v) is 9.83. The maximum absolute atomic E-state index is 5.96. The molecule has 5 heterocycles. The molecular weight excluding hydrogens is 242 g/mol. The van der Waals surface area contributed by atoms with Gasteiger partial charge in [0.05, 0.1) is 10.9 Å². The van der Waals surface area contributed by atoms with Crippen LogP contribution in [0.25, 0.3) is 33.9 Å². The van der Waals surface area contributed by atoms with Crippen molar-refractivity contribution in [1.29, 1.82) is 0 Å². The van der Waals surface area contributed by atoms with E-state index in [4.69, 9.17) is 8.83 Å². The van der Waals surface area contributed by atoms with Gasteiger partial charge in [-0.05, 0) is 12.1 Å². The second-order valence-corrected chi connectivity index (χ2v) is 4.61. The van der Waals surface area contributed by atoms with E-state index in [1.54, 1.807) is 18.6 Å². The fourth-order valence-electron chi connectivity index (χ4n) is 2.68. The molecule has 0 radical (unpaired) electrons. The molecule has 0 spiro atoms. The molecule has 19 heavy (non-hydrogen) atoms. The lowest BCUT2D eigenvalue weighted by molar-refractivity contribution is -0.655. The molecule has 5 rings (SSSR count). The molecule has 1 aliphatic rings. The highest BCUT2D eigenvalue weighted by atomic mass is 16.4. The number of fused-ring (bicyclic) bond motifs is 7. The van der Waals surface area contributed by atoms with Gasteiger partial charge < -0.3 is 8.83 Å². The summed E-state index contributed by atoms with van der Waals surface area (Å²) < 4.78 is 13.8. The Kier molecular flexibility index (Phi) is 1.46. The first-order valence-corrected chi connectivity index (χ1v) is 6.05. The van der Waals surface area contributed by atoms with Crippen LogP contribution in [-0.4, -0.2) is 9.97 Å². The van der Waals surface area contributed by atoms with Gasteiger partial charge in [-0.1, -0.05) is 0 Å². The monoisotopic (exact) mass is 250 g/mol. The SMILES string of the molecule is c1cnc2c(c1)C[n+]1c-2oc2c3cnccc3oc21. The summed E-state index contributed by atoms with van der Waals surface area (Å²) in [6, 6.07) is 5.84. The molecule has 0 fully saturated rings. The van der Waals surface area contributed by atoms with Crippen molar-refractivity contribution in [3.63, 3.8) is 0 Å². The van der Waals surface area contributed by atoms with Crippen LogP contribution < -0.4 is 4.57 Å². The molecule has 90 valence electrons. The average molecular weight is 250 g/mol. The Bertz CT molecular complexity index is 952. The number of hydrogen-bond acceptors (Lipinski definition) is 4. The third-order valence-corrected chi connectivity index (χ3v) is 3.54. The largest absolute Gasteiger partial charge is 0.422 e. The van der Waals surface area contributed by atoms with Gasteiger partial charge in [0.2, 0.25) is 0 Å². The summed E-state index contributed by atoms with van der Waals surface area (Å²) in [5.74, 6) is 0.759. The van der Waals surface area contributed by atoms with Crippen LogP contribution >= 0.6 is 0 Å². The Morgan fingerprint density at radius 1 is 1.16 bits per heavy atom. The highest BCUT2D eigenvalue weighted by Crippen LogP contribution is 2.34. The molecule has 0 bridgehead atoms. The second kappa shape index (κ2) is 3.00. The molecule has 0 atom stereocenters. The Balaban J connectivity index is 1.93. The molecule has 4 aromatic heterocycles. The van der Waals surface area contributed by atoms with Gasteiger partial charge in [0.15, 0.2) is 12.2 Å². The lowest BCUT2D eigenvalue weighted by Gasteiger charge is -1.88. The minimum atomic E-state index is 0.735. The number of furan rings is 1. The summed E-state index contributed by atoms with van der Waals surface area (Å²) in [7, 11) is 0. The second-order valence-electron chi connectivity index (χ2n) is 4.61. The van der Waals surface area contributed by atoms with Crippen molar-refractivity contribution in [1.82, 2.24) is 9.97 Å². The quantitative estimate of drug-likeness (QED) is 0.396. The smallest absolute Gasteiger partial charge is 0.401 e. The van der Waals surface area contributed by atoms with E-state index >= 15 is 0 Å². The maximum atomic E-state index is 5.96. The van der Waals surface area contributed by atoms with Gasteiger partial charge in [-0.2, -0.15) is 0 Å². The Labute approximate surface area is 107 Å². The average Bonchev–Trinajstić information content (AvgIpc) is 3.07. The summed E-state index contributed by atoms with van der Waals surface area (Å²) in [5, 5.41) is 0.900. The van der Waals surface area contributed by atoms with Gasteiger partial charge in [-0.15, -0.1) is 4.57 Å². The highest BCUT2D eigenvalue weighted by molar-refractivity contribution is 5.98. The Morgan fingerprint density at radius 2 is 2.16 bits per heavy atom. The number of aromatic nitrogens is 3. The van der Waals surface area contributed by atoms with Crippen LogP contribution in [-0.2, 0) is 6.54 Å². The van der Waals surface area contributed by atoms with Crippen molar-refractivity contribution in [2.75, 3.05) is 0 Å². The van der Waals surface area contributed by atoms with E-state index in [0.29, 0.717) is 0 Å². The molecule has 5 heteroatoms. The van der Waals surface area contributed by atoms with E-state index in [1.807, 2.05) is 16.7 Å². The van der Waals surface area contributed by atoms with Crippen LogP contribution in [0.1, 0.15) is 5.56 Å². The summed E-state index contributed by atoms with van der Waals surface area (Å²) in [6.07, 6.45) is 5.25. The number of rotatable bonds is 0. The third-order valence-electron chi connectivity index (χ3n) is 3.54. The first-order valence-electron chi connectivity index (χ1n) is 6.05. The fourth-order valence-corrected chi connectivity index (χ4v) is 2.68. The van der Waals surface area contributed by atoms with Crippen molar-refractivity contribution in [2.24, 2.45) is 0 Å². The Hall–Kier alpha value is -2.69. The normalized spacial score (nSPS) is 13.1. The molecule has 0 unspecified atom stereocenters. The standard InChI is InChI=1S/C14H8N3O2/c1-2-8-7-17-13(11(8)16-4-1)19-12-9-6-15-5-3-10(9)18-14(12)17/h1-6H,7H2/q+1. The van der Waals surface area contributed by atoms with Crippen LogP contribution in [0, 0.1) is 0 Å². The van der Waals surface area contributed by atoms with Crippen molar-refractivity contribution in [3.8, 4) is 11.6 Å². The topological polar surface area (TPSA) is 55.9 Å². The lowest BCUT2D eigenvalue weighted by atomic mass is 10.2. The predicted molar refractivity (Wildman–Crippen MR) is 66.3 cm³/mol. The Morgan fingerprint density at radius 3 is 3.16 bits per heavy atom. The number of oxazole rings is 1. The molecule has 0 amide bonds. The van der Waals surface area contributed by atoms with Crippen molar-refractivity contribution < 1.29 is 13.4 Å². The summed E-state index contributed by atoms with van der Waals surface area (Å²) in [5.41, 5.74) is 4.33. The van der Waals surface area contributed by atoms with Gasteiger partial charge in [0.1, 0.15) is 5.58 Å². The zero-order valence-electron chi connectivity index (χ0n) is 9.83. The molecule has 0 aromatic carbocycles. The summed E-state index contributed by atoms with van der Waals surface area (Å²) in [4.78, 5) is 8.50. The van der Waals surface area contributed by atoms with Gasteiger partial charge >= 0.3 is 11.6 Å². The van der Waals surface area contributed by atoms with Crippen LogP contribution in [0.3, 0.4) is 0 Å². The highest BCUT2D eigenvalue weighted by Gasteiger charge is 2.38. The van der Waals surface area contributed by atoms with Crippen LogP contribution in [0.15, 0.2) is 45.6 Å². The van der Waals surface area contributed by atoms with Crippen LogP contribution in [0.4, 0.5) is 0 Å². The molecule has 4 aromatic rings. The molecule has 5 nitrogen and oxygen atoms in total. The molecule has 0 saturated heterocycles. The van der Waals surface area contributed by atoms with E-state index in [1.165, 1.54) is 0 Å². The summed E-state index contributed by atoms with van der Waals surface area (Å²) >= 11 is 0. The maximum Gasteiger partial charge on any atom is 0.422 e. The van der Waals surface area contributed by atoms with Crippen LogP contribution in [0.2, 0.25) is 0 Å². The zero-order chi connectivity index (χ0) is 12.4. The number of hydrogen-bond donors (Lipinski definition) is 0. The van der Waals surface area contributed by atoms with Crippen molar-refractivity contribution in [3.05, 3.63) is 42.4 Å². The van der Waals surface area contributed by atoms with Gasteiger partial charge in [0, 0.05) is 24.7 Å². The van der Waals surface area contributed by atoms with E-state index in [9.17, 15) is 0 Å². The predicted octanol–water partition coefficient (Wildman–Crippen LogP) is 2.29. The van der Waals surface area contributed by atoms with Crippen molar-refractivity contribution >= 4 is 22.3 Å². The number of pyridine rings is 2. The van der Waals surface area contributed by atoms with E-state index in [2.05, 4.69) is 16.0 Å². The van der Waals surface area contributed by atoms with Crippen LogP contribution in [0.5, 0.6) is 0 Å². The van der Waals surface area contributed by atoms with Gasteiger partial charge in [0.25, 0.3) is 5.58 Å². The first-order chi connectivity index (χ1) is 9.42. The van der Waals surface area contributed by atoms with Crippen molar-refractivity contribution in [2.45, 2.75) is 6.54 Å². The van der Waals surface area contributed by atoms with E-state index in [0.717, 1.165) is 46.0 Å².